The van der Waals surface area contributed by atoms with Gasteiger partial charge in [-0.1, -0.05) is 50.4 Å². The van der Waals surface area contributed by atoms with E-state index in [1.807, 2.05) is 19.1 Å². The summed E-state index contributed by atoms with van der Waals surface area (Å²) in [6, 6.07) is 6.21. The van der Waals surface area contributed by atoms with Gasteiger partial charge >= 0.3 is 0 Å². The van der Waals surface area contributed by atoms with E-state index in [-0.39, 0.29) is 7.43 Å². The minimum Gasteiger partial charge on any atom is -0.0984 e. The summed E-state index contributed by atoms with van der Waals surface area (Å²) < 4.78 is 0. The fourth-order valence-electron chi connectivity index (χ4n) is 1.32. The van der Waals surface area contributed by atoms with Crippen molar-refractivity contribution in [2.24, 2.45) is 0 Å². The summed E-state index contributed by atoms with van der Waals surface area (Å²) in [5.41, 5.74) is 4.74. The van der Waals surface area contributed by atoms with Crippen LogP contribution in [0, 0.1) is 6.92 Å². The number of hydrogen-bond acceptors (Lipinski definition) is 0. The Kier molecular flexibility index (Phi) is 4.19. The number of aryl methyl sites for hydroxylation is 1. The van der Waals surface area contributed by atoms with E-state index in [0.717, 1.165) is 5.57 Å². The van der Waals surface area contributed by atoms with Gasteiger partial charge in [-0.05, 0) is 30.5 Å². The standard InChI is InChI=1S/C12H14.CH4/c1-5-11-10(4)7-6-8-12(11)9(2)3;/h5-8H,1-2H2,3-4H3;1H4. The van der Waals surface area contributed by atoms with Crippen LogP contribution in [0.4, 0.5) is 0 Å². The quantitative estimate of drug-likeness (QED) is 0.626. The molecule has 0 aliphatic heterocycles. The molecule has 0 saturated carbocycles. The highest BCUT2D eigenvalue weighted by Gasteiger charge is 2.01. The molecular weight excluding hydrogens is 156 g/mol. The van der Waals surface area contributed by atoms with Gasteiger partial charge in [0, 0.05) is 0 Å². The van der Waals surface area contributed by atoms with Gasteiger partial charge in [-0.15, -0.1) is 0 Å². The molecule has 0 fully saturated rings. The third-order valence-corrected chi connectivity index (χ3v) is 1.99. The van der Waals surface area contributed by atoms with Crippen LogP contribution in [0.1, 0.15) is 31.0 Å². The van der Waals surface area contributed by atoms with E-state index in [2.05, 4.69) is 32.2 Å². The summed E-state index contributed by atoms with van der Waals surface area (Å²) in [6.07, 6.45) is 1.89. The second-order valence-electron chi connectivity index (χ2n) is 3.02. The van der Waals surface area contributed by atoms with Gasteiger partial charge in [-0.3, -0.25) is 0 Å². The maximum absolute atomic E-state index is 3.93. The van der Waals surface area contributed by atoms with Crippen LogP contribution in [0.3, 0.4) is 0 Å². The van der Waals surface area contributed by atoms with Crippen molar-refractivity contribution in [3.63, 3.8) is 0 Å². The first-order valence-corrected chi connectivity index (χ1v) is 4.04. The van der Waals surface area contributed by atoms with Gasteiger partial charge in [-0.25, -0.2) is 0 Å². The lowest BCUT2D eigenvalue weighted by atomic mass is 9.98. The fraction of sp³-hybridized carbons (Fsp3) is 0.231. The van der Waals surface area contributed by atoms with Crippen LogP contribution >= 0.6 is 0 Å². The molecule has 1 rings (SSSR count). The van der Waals surface area contributed by atoms with E-state index >= 15 is 0 Å². The van der Waals surface area contributed by atoms with Crippen LogP contribution in [-0.4, -0.2) is 0 Å². The van der Waals surface area contributed by atoms with Crippen LogP contribution in [0.2, 0.25) is 0 Å². The molecule has 0 saturated heterocycles. The van der Waals surface area contributed by atoms with Crippen molar-refractivity contribution in [2.75, 3.05) is 0 Å². The Morgan fingerprint density at radius 3 is 2.38 bits per heavy atom. The molecule has 0 heteroatoms. The largest absolute Gasteiger partial charge is 0.0984 e. The molecule has 0 aliphatic rings. The van der Waals surface area contributed by atoms with Gasteiger partial charge in [-0.2, -0.15) is 0 Å². The highest BCUT2D eigenvalue weighted by Crippen LogP contribution is 2.21. The normalized spacial score (nSPS) is 8.77. The van der Waals surface area contributed by atoms with Crippen molar-refractivity contribution >= 4 is 11.6 Å². The number of benzene rings is 1. The molecule has 1 aromatic carbocycles. The minimum absolute atomic E-state index is 0. The van der Waals surface area contributed by atoms with Crippen LogP contribution < -0.4 is 0 Å². The Bertz CT molecular complexity index is 319. The summed E-state index contributed by atoms with van der Waals surface area (Å²) >= 11 is 0. The lowest BCUT2D eigenvalue weighted by Gasteiger charge is -2.07. The minimum atomic E-state index is 0. The molecule has 13 heavy (non-hydrogen) atoms. The van der Waals surface area contributed by atoms with Crippen LogP contribution in [-0.2, 0) is 0 Å². The highest BCUT2D eigenvalue weighted by atomic mass is 14.1. The van der Waals surface area contributed by atoms with Gasteiger partial charge in [0.25, 0.3) is 0 Å². The van der Waals surface area contributed by atoms with Gasteiger partial charge in [0.1, 0.15) is 0 Å². The molecule has 0 heterocycles. The van der Waals surface area contributed by atoms with Gasteiger partial charge in [0.15, 0.2) is 0 Å². The van der Waals surface area contributed by atoms with Crippen molar-refractivity contribution in [1.29, 1.82) is 0 Å². The van der Waals surface area contributed by atoms with Crippen LogP contribution in [0.15, 0.2) is 31.4 Å². The molecule has 0 aromatic heterocycles. The summed E-state index contributed by atoms with van der Waals surface area (Å²) in [5, 5.41) is 0. The Balaban J connectivity index is 0.00000144. The molecule has 1 aromatic rings. The lowest BCUT2D eigenvalue weighted by molar-refractivity contribution is 1.41. The van der Waals surface area contributed by atoms with E-state index in [4.69, 9.17) is 0 Å². The second-order valence-corrected chi connectivity index (χ2v) is 3.02. The van der Waals surface area contributed by atoms with E-state index in [1.54, 1.807) is 0 Å². The molecule has 70 valence electrons. The summed E-state index contributed by atoms with van der Waals surface area (Å²) in [5.74, 6) is 0. The predicted octanol–water partition coefficient (Wildman–Crippen LogP) is 4.31. The van der Waals surface area contributed by atoms with Gasteiger partial charge in [0.05, 0.1) is 0 Å². The van der Waals surface area contributed by atoms with Gasteiger partial charge < -0.3 is 0 Å². The smallest absolute Gasteiger partial charge is 0.0158 e. The second kappa shape index (κ2) is 4.66. The lowest BCUT2D eigenvalue weighted by Crippen LogP contribution is -1.87. The van der Waals surface area contributed by atoms with Crippen LogP contribution in [0.5, 0.6) is 0 Å². The van der Waals surface area contributed by atoms with E-state index in [0.29, 0.717) is 0 Å². The van der Waals surface area contributed by atoms with Gasteiger partial charge in [0.2, 0.25) is 0 Å². The first-order chi connectivity index (χ1) is 5.66. The summed E-state index contributed by atoms with van der Waals surface area (Å²) in [7, 11) is 0. The molecule has 0 aliphatic carbocycles. The first kappa shape index (κ1) is 11.7. The van der Waals surface area contributed by atoms with Crippen molar-refractivity contribution < 1.29 is 0 Å². The maximum atomic E-state index is 3.93. The molecular formula is C13H18. The molecule has 0 amide bonds. The fourth-order valence-corrected chi connectivity index (χ4v) is 1.32. The van der Waals surface area contributed by atoms with Crippen LogP contribution in [0.25, 0.3) is 11.6 Å². The van der Waals surface area contributed by atoms with Crippen molar-refractivity contribution in [1.82, 2.24) is 0 Å². The predicted molar refractivity (Wildman–Crippen MR) is 62.7 cm³/mol. The molecule has 0 unspecified atom stereocenters. The van der Waals surface area contributed by atoms with E-state index in [1.165, 1.54) is 16.7 Å². The molecule has 0 radical (unpaired) electrons. The Morgan fingerprint density at radius 2 is 2.00 bits per heavy atom. The Labute approximate surface area is 81.6 Å². The molecule has 0 N–H and O–H groups in total. The molecule has 0 nitrogen and oxygen atoms in total. The summed E-state index contributed by atoms with van der Waals surface area (Å²) in [6.45, 7) is 11.8. The molecule has 0 bridgehead atoms. The van der Waals surface area contributed by atoms with Crippen molar-refractivity contribution in [2.45, 2.75) is 21.3 Å². The third kappa shape index (κ3) is 2.32. The number of hydrogen-bond donors (Lipinski definition) is 0. The van der Waals surface area contributed by atoms with E-state index < -0.39 is 0 Å². The SMILES string of the molecule is C.C=Cc1c(C)cccc1C(=C)C. The molecule has 0 spiro atoms. The average Bonchev–Trinajstić information content (AvgIpc) is 2.03. The Hall–Kier alpha value is -1.30. The Morgan fingerprint density at radius 1 is 1.38 bits per heavy atom. The zero-order valence-corrected chi connectivity index (χ0v) is 7.72. The zero-order valence-electron chi connectivity index (χ0n) is 7.72. The number of allylic oxidation sites excluding steroid dienone is 1. The van der Waals surface area contributed by atoms with Crippen molar-refractivity contribution in [3.05, 3.63) is 48.0 Å². The third-order valence-electron chi connectivity index (χ3n) is 1.99. The molecule has 0 atom stereocenters. The zero-order chi connectivity index (χ0) is 9.14. The van der Waals surface area contributed by atoms with Crippen molar-refractivity contribution in [3.8, 4) is 0 Å². The monoisotopic (exact) mass is 174 g/mol. The topological polar surface area (TPSA) is 0 Å². The first-order valence-electron chi connectivity index (χ1n) is 4.04. The number of rotatable bonds is 2. The maximum Gasteiger partial charge on any atom is -0.0158 e. The summed E-state index contributed by atoms with van der Waals surface area (Å²) in [4.78, 5) is 0. The average molecular weight is 174 g/mol. The highest BCUT2D eigenvalue weighted by molar-refractivity contribution is 5.73. The van der Waals surface area contributed by atoms with E-state index in [9.17, 15) is 0 Å².